The molecule has 3 aromatic heterocycles. The van der Waals surface area contributed by atoms with E-state index in [1.807, 2.05) is 23.6 Å². The summed E-state index contributed by atoms with van der Waals surface area (Å²) in [4.78, 5) is 8.82. The van der Waals surface area contributed by atoms with E-state index < -0.39 is 0 Å². The van der Waals surface area contributed by atoms with Gasteiger partial charge in [-0.25, -0.2) is 9.97 Å². The number of fused-ring (bicyclic) bond motifs is 1. The Morgan fingerprint density at radius 1 is 1.33 bits per heavy atom. The van der Waals surface area contributed by atoms with Crippen LogP contribution < -0.4 is 5.32 Å². The first-order valence-corrected chi connectivity index (χ1v) is 6.40. The average molecular weight is 261 g/mol. The molecular formula is C12H11N3O2S. The second kappa shape index (κ2) is 4.75. The molecule has 18 heavy (non-hydrogen) atoms. The lowest BCUT2D eigenvalue weighted by Crippen LogP contribution is -2.08. The summed E-state index contributed by atoms with van der Waals surface area (Å²) in [6, 6.07) is 5.65. The lowest BCUT2D eigenvalue weighted by molar-refractivity contribution is 0.311. The third-order valence-electron chi connectivity index (χ3n) is 2.45. The van der Waals surface area contributed by atoms with Gasteiger partial charge in [-0.1, -0.05) is 0 Å². The summed E-state index contributed by atoms with van der Waals surface area (Å²) in [6.07, 6.45) is 1.62. The molecule has 0 aromatic carbocycles. The third-order valence-corrected chi connectivity index (χ3v) is 3.36. The fourth-order valence-corrected chi connectivity index (χ4v) is 2.52. The highest BCUT2D eigenvalue weighted by molar-refractivity contribution is 7.17. The van der Waals surface area contributed by atoms with Crippen molar-refractivity contribution in [3.8, 4) is 11.5 Å². The summed E-state index contributed by atoms with van der Waals surface area (Å²) in [5, 5.41) is 13.8. The Hall–Kier alpha value is -1.92. The van der Waals surface area contributed by atoms with Crippen LogP contribution in [0.1, 0.15) is 0 Å². The van der Waals surface area contributed by atoms with Crippen molar-refractivity contribution in [3.63, 3.8) is 0 Å². The molecule has 0 unspecified atom stereocenters. The van der Waals surface area contributed by atoms with Crippen LogP contribution in [-0.2, 0) is 0 Å². The molecular weight excluding hydrogens is 250 g/mol. The molecule has 0 amide bonds. The fourth-order valence-electron chi connectivity index (χ4n) is 1.69. The van der Waals surface area contributed by atoms with E-state index in [2.05, 4.69) is 15.3 Å². The van der Waals surface area contributed by atoms with Crippen molar-refractivity contribution in [1.82, 2.24) is 9.97 Å². The number of nitrogens with zero attached hydrogens (tertiary/aromatic N) is 2. The van der Waals surface area contributed by atoms with Crippen LogP contribution in [0.25, 0.3) is 21.7 Å². The molecule has 92 valence electrons. The molecule has 0 saturated heterocycles. The summed E-state index contributed by atoms with van der Waals surface area (Å²) in [7, 11) is 0. The van der Waals surface area contributed by atoms with Gasteiger partial charge in [-0.05, 0) is 23.6 Å². The molecule has 3 heterocycles. The first kappa shape index (κ1) is 11.2. The van der Waals surface area contributed by atoms with Gasteiger partial charge >= 0.3 is 0 Å². The minimum Gasteiger partial charge on any atom is -0.463 e. The molecule has 0 fully saturated rings. The van der Waals surface area contributed by atoms with Crippen LogP contribution in [-0.4, -0.2) is 28.2 Å². The van der Waals surface area contributed by atoms with Gasteiger partial charge < -0.3 is 14.8 Å². The Morgan fingerprint density at radius 3 is 3.06 bits per heavy atom. The van der Waals surface area contributed by atoms with E-state index in [-0.39, 0.29) is 6.61 Å². The molecule has 0 aliphatic heterocycles. The number of aliphatic hydroxyl groups excluding tert-OH is 1. The van der Waals surface area contributed by atoms with E-state index in [0.717, 1.165) is 21.7 Å². The zero-order valence-electron chi connectivity index (χ0n) is 9.46. The van der Waals surface area contributed by atoms with E-state index in [1.165, 1.54) is 0 Å². The number of aromatic nitrogens is 2. The number of aliphatic hydroxyl groups is 1. The Balaban J connectivity index is 2.12. The maximum Gasteiger partial charge on any atom is 0.224 e. The molecule has 6 heteroatoms. The number of nitrogens with one attached hydrogen (secondary N) is 1. The highest BCUT2D eigenvalue weighted by Crippen LogP contribution is 2.31. The second-order valence-electron chi connectivity index (χ2n) is 3.66. The number of rotatable bonds is 4. The minimum atomic E-state index is 0.0428. The van der Waals surface area contributed by atoms with Gasteiger partial charge in [0.2, 0.25) is 5.95 Å². The molecule has 0 atom stereocenters. The van der Waals surface area contributed by atoms with Gasteiger partial charge in [0.1, 0.15) is 5.69 Å². The third kappa shape index (κ3) is 1.96. The van der Waals surface area contributed by atoms with E-state index in [1.54, 1.807) is 17.6 Å². The molecule has 3 rings (SSSR count). The first-order chi connectivity index (χ1) is 8.88. The van der Waals surface area contributed by atoms with Crippen LogP contribution in [0.4, 0.5) is 5.95 Å². The quantitative estimate of drug-likeness (QED) is 0.754. The normalized spacial score (nSPS) is 10.9. The zero-order chi connectivity index (χ0) is 12.4. The number of thiophene rings is 1. The van der Waals surface area contributed by atoms with Crippen LogP contribution in [0.5, 0.6) is 0 Å². The Morgan fingerprint density at radius 2 is 2.28 bits per heavy atom. The summed E-state index contributed by atoms with van der Waals surface area (Å²) in [6.45, 7) is 0.467. The summed E-state index contributed by atoms with van der Waals surface area (Å²) < 4.78 is 6.40. The predicted molar refractivity (Wildman–Crippen MR) is 70.7 cm³/mol. The molecule has 0 spiro atoms. The van der Waals surface area contributed by atoms with Crippen molar-refractivity contribution in [2.24, 2.45) is 0 Å². The zero-order valence-corrected chi connectivity index (χ0v) is 10.3. The van der Waals surface area contributed by atoms with Crippen molar-refractivity contribution in [2.45, 2.75) is 0 Å². The van der Waals surface area contributed by atoms with Gasteiger partial charge in [0.25, 0.3) is 0 Å². The van der Waals surface area contributed by atoms with Gasteiger partial charge in [-0.3, -0.25) is 0 Å². The Bertz CT molecular complexity index is 648. The molecule has 0 saturated carbocycles. The molecule has 0 aliphatic carbocycles. The molecule has 0 radical (unpaired) electrons. The minimum absolute atomic E-state index is 0.0428. The van der Waals surface area contributed by atoms with Crippen molar-refractivity contribution in [3.05, 3.63) is 29.8 Å². The molecule has 0 bridgehead atoms. The van der Waals surface area contributed by atoms with Gasteiger partial charge in [-0.2, -0.15) is 0 Å². The smallest absolute Gasteiger partial charge is 0.224 e. The van der Waals surface area contributed by atoms with Crippen LogP contribution in [0.15, 0.2) is 34.3 Å². The average Bonchev–Trinajstić information content (AvgIpc) is 3.05. The monoisotopic (exact) mass is 261 g/mol. The van der Waals surface area contributed by atoms with Crippen LogP contribution in [0.2, 0.25) is 0 Å². The molecule has 5 nitrogen and oxygen atoms in total. The van der Waals surface area contributed by atoms with Crippen molar-refractivity contribution < 1.29 is 9.52 Å². The topological polar surface area (TPSA) is 71.2 Å². The number of hydrogen-bond acceptors (Lipinski definition) is 6. The highest BCUT2D eigenvalue weighted by atomic mass is 32.1. The highest BCUT2D eigenvalue weighted by Gasteiger charge is 2.12. The lowest BCUT2D eigenvalue weighted by atomic mass is 10.3. The van der Waals surface area contributed by atoms with Gasteiger partial charge in [0, 0.05) is 6.54 Å². The van der Waals surface area contributed by atoms with E-state index in [9.17, 15) is 0 Å². The number of hydrogen-bond donors (Lipinski definition) is 2. The van der Waals surface area contributed by atoms with Crippen LogP contribution in [0.3, 0.4) is 0 Å². The summed E-state index contributed by atoms with van der Waals surface area (Å²) >= 11 is 1.58. The predicted octanol–water partition coefficient (Wildman–Crippen LogP) is 2.36. The van der Waals surface area contributed by atoms with Gasteiger partial charge in [0.05, 0.1) is 23.1 Å². The van der Waals surface area contributed by atoms with Crippen LogP contribution >= 0.6 is 11.3 Å². The van der Waals surface area contributed by atoms with Crippen molar-refractivity contribution in [1.29, 1.82) is 0 Å². The number of anilines is 1. The first-order valence-electron chi connectivity index (χ1n) is 5.52. The van der Waals surface area contributed by atoms with E-state index >= 15 is 0 Å². The van der Waals surface area contributed by atoms with Gasteiger partial charge in [0.15, 0.2) is 5.76 Å². The second-order valence-corrected chi connectivity index (χ2v) is 4.57. The molecule has 2 N–H and O–H groups in total. The summed E-state index contributed by atoms with van der Waals surface area (Å²) in [5.41, 5.74) is 1.65. The maximum absolute atomic E-state index is 8.82. The fraction of sp³-hybridized carbons (Fsp3) is 0.167. The summed E-state index contributed by atoms with van der Waals surface area (Å²) in [5.74, 6) is 1.22. The number of furan rings is 1. The van der Waals surface area contributed by atoms with Gasteiger partial charge in [-0.15, -0.1) is 11.3 Å². The van der Waals surface area contributed by atoms with Crippen molar-refractivity contribution >= 4 is 27.5 Å². The van der Waals surface area contributed by atoms with E-state index in [0.29, 0.717) is 12.5 Å². The molecule has 0 aliphatic rings. The maximum atomic E-state index is 8.82. The van der Waals surface area contributed by atoms with E-state index in [4.69, 9.17) is 9.52 Å². The van der Waals surface area contributed by atoms with Crippen LogP contribution in [0, 0.1) is 0 Å². The molecule has 3 aromatic rings. The van der Waals surface area contributed by atoms with Crippen molar-refractivity contribution in [2.75, 3.05) is 18.5 Å². The standard InChI is InChI=1S/C12H11N3O2S/c16-5-4-13-12-14-8-3-7-18-11(8)10(15-12)9-2-1-6-17-9/h1-3,6-7,16H,4-5H2,(H,13,14,15). The Labute approximate surface area is 107 Å². The lowest BCUT2D eigenvalue weighted by Gasteiger charge is -2.05. The SMILES string of the molecule is OCCNc1nc(-c2ccco2)c2sccc2n1. The Kier molecular flexibility index (Phi) is 2.95. The largest absolute Gasteiger partial charge is 0.463 e.